The zero-order valence-electron chi connectivity index (χ0n) is 22.5. The van der Waals surface area contributed by atoms with Crippen LogP contribution in [0.25, 0.3) is 5.57 Å². The fraction of sp³-hybridized carbons (Fsp3) is 0.400. The Hall–Kier alpha value is -2.96. The number of nitrogens with zero attached hydrogens (tertiary/aromatic N) is 1. The molecule has 1 aromatic carbocycles. The summed E-state index contributed by atoms with van der Waals surface area (Å²) in [4.78, 5) is 19.2. The minimum Gasteiger partial charge on any atom is -0.496 e. The van der Waals surface area contributed by atoms with E-state index in [0.29, 0.717) is 25.3 Å². The van der Waals surface area contributed by atoms with Crippen LogP contribution in [-0.2, 0) is 16.0 Å². The zero-order chi connectivity index (χ0) is 26.3. The van der Waals surface area contributed by atoms with Crippen LogP contribution in [0.15, 0.2) is 64.1 Å². The number of allylic oxidation sites excluding steroid dienone is 5. The van der Waals surface area contributed by atoms with Crippen LogP contribution in [0.2, 0.25) is 0 Å². The quantitative estimate of drug-likeness (QED) is 0.223. The van der Waals surface area contributed by atoms with E-state index in [0.717, 1.165) is 39.5 Å². The maximum Gasteiger partial charge on any atom is 0.270 e. The van der Waals surface area contributed by atoms with Crippen LogP contribution in [0, 0.1) is 6.92 Å². The summed E-state index contributed by atoms with van der Waals surface area (Å²) in [5, 5.41) is 5.15. The molecule has 5 nitrogen and oxygen atoms in total. The van der Waals surface area contributed by atoms with Gasteiger partial charge in [0.05, 0.1) is 31.6 Å². The number of carbonyl (C=O) groups is 1. The van der Waals surface area contributed by atoms with Gasteiger partial charge in [-0.15, -0.1) is 11.3 Å². The van der Waals surface area contributed by atoms with Gasteiger partial charge < -0.3 is 14.8 Å². The predicted molar refractivity (Wildman–Crippen MR) is 151 cm³/mol. The molecule has 0 unspecified atom stereocenters. The van der Waals surface area contributed by atoms with Crippen molar-refractivity contribution in [3.05, 3.63) is 80.7 Å². The molecule has 0 saturated carbocycles. The summed E-state index contributed by atoms with van der Waals surface area (Å²) in [6.07, 6.45) is 7.72. The maximum absolute atomic E-state index is 13.3. The smallest absolute Gasteiger partial charge is 0.270 e. The largest absolute Gasteiger partial charge is 0.496 e. The first-order chi connectivity index (χ1) is 17.2. The standard InChI is InChI=1S/C30H38N2O3S/c1-8-11-23(9-2)25-16-21(4)24(17-26(25)34-7)14-13-20(3)28(29(33)32-30(6)18-35-19-30)31-22(5)27-12-10-15-36-27/h8-12,15-17H,13-14,18-19H2,1-7H3,(H,32,33)/b11-8-,23-9+,28-20+,31-22?. The minimum absolute atomic E-state index is 0.150. The SMILES string of the molecule is C/C=C\C(=C/C)c1cc(C)c(CC/C(C)=C(/N=C(C)c2cccs2)C(=O)NC2(C)COC2)cc1OC. The highest BCUT2D eigenvalue weighted by atomic mass is 32.1. The molecule has 0 radical (unpaired) electrons. The second-order valence-corrected chi connectivity index (χ2v) is 10.5. The number of carbonyl (C=O) groups excluding carboxylic acids is 1. The van der Waals surface area contributed by atoms with Crippen molar-refractivity contribution in [3.8, 4) is 5.75 Å². The lowest BCUT2D eigenvalue weighted by molar-refractivity contribution is -0.127. The normalized spacial score (nSPS) is 16.5. The van der Waals surface area contributed by atoms with Crippen LogP contribution in [0.3, 0.4) is 0 Å². The van der Waals surface area contributed by atoms with E-state index in [2.05, 4.69) is 36.5 Å². The predicted octanol–water partition coefficient (Wildman–Crippen LogP) is 6.67. The average Bonchev–Trinajstić information content (AvgIpc) is 3.38. The highest BCUT2D eigenvalue weighted by molar-refractivity contribution is 7.12. The average molecular weight is 507 g/mol. The summed E-state index contributed by atoms with van der Waals surface area (Å²) in [5.74, 6) is 0.703. The molecule has 192 valence electrons. The van der Waals surface area contributed by atoms with Gasteiger partial charge in [-0.1, -0.05) is 24.3 Å². The van der Waals surface area contributed by atoms with Gasteiger partial charge in [-0.25, -0.2) is 4.99 Å². The van der Waals surface area contributed by atoms with Gasteiger partial charge in [0.1, 0.15) is 11.4 Å². The van der Waals surface area contributed by atoms with Crippen LogP contribution >= 0.6 is 11.3 Å². The Morgan fingerprint density at radius 3 is 2.58 bits per heavy atom. The van der Waals surface area contributed by atoms with E-state index in [1.165, 1.54) is 11.1 Å². The van der Waals surface area contributed by atoms with Gasteiger partial charge in [0.25, 0.3) is 5.91 Å². The fourth-order valence-electron chi connectivity index (χ4n) is 4.22. The molecule has 2 aromatic rings. The van der Waals surface area contributed by atoms with Gasteiger partial charge in [0.15, 0.2) is 0 Å². The van der Waals surface area contributed by atoms with E-state index in [-0.39, 0.29) is 11.4 Å². The van der Waals surface area contributed by atoms with Crippen LogP contribution in [0.4, 0.5) is 0 Å². The lowest BCUT2D eigenvalue weighted by Gasteiger charge is -2.38. The van der Waals surface area contributed by atoms with Crippen molar-refractivity contribution in [1.82, 2.24) is 5.32 Å². The molecule has 1 aromatic heterocycles. The third kappa shape index (κ3) is 6.62. The molecule has 0 aliphatic carbocycles. The van der Waals surface area contributed by atoms with Gasteiger partial charge >= 0.3 is 0 Å². The molecule has 3 rings (SSSR count). The summed E-state index contributed by atoms with van der Waals surface area (Å²) in [7, 11) is 1.71. The van der Waals surface area contributed by atoms with Crippen molar-refractivity contribution in [2.75, 3.05) is 20.3 Å². The molecule has 36 heavy (non-hydrogen) atoms. The first-order valence-corrected chi connectivity index (χ1v) is 13.3. The number of ether oxygens (including phenoxy) is 2. The molecule has 1 aliphatic heterocycles. The summed E-state index contributed by atoms with van der Waals surface area (Å²) >= 11 is 1.62. The van der Waals surface area contributed by atoms with E-state index in [1.54, 1.807) is 18.4 Å². The summed E-state index contributed by atoms with van der Waals surface area (Å²) in [6.45, 7) is 13.2. The van der Waals surface area contributed by atoms with Crippen molar-refractivity contribution in [2.45, 2.75) is 59.9 Å². The molecule has 0 bridgehead atoms. The van der Waals surface area contributed by atoms with Crippen LogP contribution < -0.4 is 10.1 Å². The number of thiophene rings is 1. The van der Waals surface area contributed by atoms with Gasteiger partial charge in [-0.3, -0.25) is 4.79 Å². The summed E-state index contributed by atoms with van der Waals surface area (Å²) in [6, 6.07) is 8.33. The first-order valence-electron chi connectivity index (χ1n) is 12.4. The molecule has 0 atom stereocenters. The van der Waals surface area contributed by atoms with E-state index < -0.39 is 0 Å². The van der Waals surface area contributed by atoms with E-state index in [9.17, 15) is 4.79 Å². The van der Waals surface area contributed by atoms with Gasteiger partial charge in [0, 0.05) is 10.4 Å². The second-order valence-electron chi connectivity index (χ2n) is 9.53. The maximum atomic E-state index is 13.3. The third-order valence-electron chi connectivity index (χ3n) is 6.43. The van der Waals surface area contributed by atoms with Crippen LogP contribution in [-0.4, -0.2) is 37.5 Å². The number of aryl methyl sites for hydroxylation is 2. The number of aliphatic imine (C=N–C) groups is 1. The van der Waals surface area contributed by atoms with Crippen molar-refractivity contribution < 1.29 is 14.3 Å². The summed E-state index contributed by atoms with van der Waals surface area (Å²) < 4.78 is 11.1. The van der Waals surface area contributed by atoms with Crippen LogP contribution in [0.5, 0.6) is 5.75 Å². The van der Waals surface area contributed by atoms with Gasteiger partial charge in [-0.2, -0.15) is 0 Å². The number of methoxy groups -OCH3 is 1. The molecule has 1 amide bonds. The molecular formula is C30H38N2O3S. The zero-order valence-corrected chi connectivity index (χ0v) is 23.3. The molecule has 6 heteroatoms. The molecule has 2 heterocycles. The van der Waals surface area contributed by atoms with Crippen molar-refractivity contribution >= 4 is 28.5 Å². The fourth-order valence-corrected chi connectivity index (χ4v) is 4.89. The lowest BCUT2D eigenvalue weighted by Crippen LogP contribution is -2.60. The molecule has 0 spiro atoms. The second kappa shape index (κ2) is 12.3. The number of rotatable bonds is 10. The Labute approximate surface area is 219 Å². The van der Waals surface area contributed by atoms with Gasteiger partial charge in [0.2, 0.25) is 0 Å². The monoisotopic (exact) mass is 506 g/mol. The molecule has 1 aliphatic rings. The summed E-state index contributed by atoms with van der Waals surface area (Å²) in [5.41, 5.74) is 6.55. The molecular weight excluding hydrogens is 468 g/mol. The number of hydrogen-bond acceptors (Lipinski definition) is 5. The number of hydrogen-bond donors (Lipinski definition) is 1. The highest BCUT2D eigenvalue weighted by Crippen LogP contribution is 2.31. The van der Waals surface area contributed by atoms with Gasteiger partial charge in [-0.05, 0) is 100 Å². The number of benzene rings is 1. The van der Waals surface area contributed by atoms with Crippen molar-refractivity contribution in [3.63, 3.8) is 0 Å². The molecule has 1 fully saturated rings. The first kappa shape index (κ1) is 27.6. The Kier molecular flexibility index (Phi) is 9.46. The van der Waals surface area contributed by atoms with Crippen molar-refractivity contribution in [1.29, 1.82) is 0 Å². The number of amides is 1. The van der Waals surface area contributed by atoms with Crippen LogP contribution in [0.1, 0.15) is 62.6 Å². The molecule has 1 saturated heterocycles. The Morgan fingerprint density at radius 2 is 2.03 bits per heavy atom. The van der Waals surface area contributed by atoms with E-state index in [1.807, 2.05) is 58.2 Å². The van der Waals surface area contributed by atoms with Crippen molar-refractivity contribution in [2.24, 2.45) is 4.99 Å². The van der Waals surface area contributed by atoms with E-state index >= 15 is 0 Å². The third-order valence-corrected chi connectivity index (χ3v) is 7.41. The van der Waals surface area contributed by atoms with E-state index in [4.69, 9.17) is 14.5 Å². The number of nitrogens with one attached hydrogen (secondary N) is 1. The Bertz CT molecular complexity index is 1200. The lowest BCUT2D eigenvalue weighted by atomic mass is 9.94. The Morgan fingerprint density at radius 1 is 1.28 bits per heavy atom. The molecule has 1 N–H and O–H groups in total. The topological polar surface area (TPSA) is 59.9 Å². The highest BCUT2D eigenvalue weighted by Gasteiger charge is 2.35. The minimum atomic E-state index is -0.341. The Balaban J connectivity index is 1.91.